The molecule has 0 spiro atoms. The predicted octanol–water partition coefficient (Wildman–Crippen LogP) is 4.40. The molecule has 2 aromatic carbocycles. The lowest BCUT2D eigenvalue weighted by Crippen LogP contribution is -2.47. The van der Waals surface area contributed by atoms with Crippen LogP contribution >= 0.6 is 0 Å². The zero-order chi connectivity index (χ0) is 23.6. The number of benzene rings is 2. The summed E-state index contributed by atoms with van der Waals surface area (Å²) in [5.74, 6) is -1.65. The molecule has 0 atom stereocenters. The van der Waals surface area contributed by atoms with Crippen LogP contribution < -0.4 is 16.0 Å². The lowest BCUT2D eigenvalue weighted by molar-refractivity contribution is 0.144. The van der Waals surface area contributed by atoms with Crippen molar-refractivity contribution in [1.82, 2.24) is 16.0 Å². The Kier molecular flexibility index (Phi) is 8.97. The number of rotatable bonds is 7. The van der Waals surface area contributed by atoms with Crippen LogP contribution in [0.5, 0.6) is 0 Å². The van der Waals surface area contributed by atoms with E-state index in [9.17, 15) is 18.0 Å². The smallest absolute Gasteiger partial charge is 0.407 e. The molecule has 3 rings (SSSR count). The fourth-order valence-electron chi connectivity index (χ4n) is 3.71. The first kappa shape index (κ1) is 24.4. The van der Waals surface area contributed by atoms with Crippen LogP contribution in [0.15, 0.2) is 47.5 Å². The minimum absolute atomic E-state index is 0.0601. The number of halogens is 3. The summed E-state index contributed by atoms with van der Waals surface area (Å²) in [6.07, 6.45) is 2.79. The van der Waals surface area contributed by atoms with E-state index in [1.54, 1.807) is 19.1 Å². The van der Waals surface area contributed by atoms with Gasteiger partial charge < -0.3 is 20.7 Å². The van der Waals surface area contributed by atoms with Crippen LogP contribution in [0, 0.1) is 17.5 Å². The Bertz CT molecular complexity index is 962. The van der Waals surface area contributed by atoms with Gasteiger partial charge >= 0.3 is 6.09 Å². The molecule has 178 valence electrons. The summed E-state index contributed by atoms with van der Waals surface area (Å²) >= 11 is 0. The van der Waals surface area contributed by atoms with Crippen LogP contribution in [0.1, 0.15) is 43.7 Å². The molecule has 0 radical (unpaired) electrons. The number of carbonyl (C=O) groups excluding carboxylic acids is 1. The quantitative estimate of drug-likeness (QED) is 0.421. The minimum Gasteiger partial charge on any atom is -0.450 e. The molecular formula is C24H29F3N4O2. The number of aliphatic imine (C=N–C) groups is 1. The Morgan fingerprint density at radius 1 is 0.970 bits per heavy atom. The topological polar surface area (TPSA) is 74.8 Å². The summed E-state index contributed by atoms with van der Waals surface area (Å²) in [4.78, 5) is 16.2. The third-order valence-electron chi connectivity index (χ3n) is 5.42. The molecule has 1 aliphatic carbocycles. The van der Waals surface area contributed by atoms with Crippen LogP contribution in [-0.2, 0) is 17.8 Å². The van der Waals surface area contributed by atoms with Gasteiger partial charge in [-0.1, -0.05) is 18.2 Å². The van der Waals surface area contributed by atoms with Gasteiger partial charge in [0.15, 0.2) is 17.6 Å². The number of amides is 1. The molecule has 0 bridgehead atoms. The minimum atomic E-state index is -0.909. The van der Waals surface area contributed by atoms with Crippen molar-refractivity contribution in [2.24, 2.45) is 4.99 Å². The maximum atomic E-state index is 13.5. The molecule has 0 unspecified atom stereocenters. The van der Waals surface area contributed by atoms with Crippen molar-refractivity contribution in [3.63, 3.8) is 0 Å². The summed E-state index contributed by atoms with van der Waals surface area (Å²) in [5, 5.41) is 9.38. The number of hydrogen-bond acceptors (Lipinski definition) is 3. The molecule has 0 aliphatic heterocycles. The highest BCUT2D eigenvalue weighted by atomic mass is 19.2. The number of nitrogens with zero attached hydrogens (tertiary/aromatic N) is 1. The van der Waals surface area contributed by atoms with Crippen molar-refractivity contribution >= 4 is 12.1 Å². The second-order valence-electron chi connectivity index (χ2n) is 7.95. The number of guanidine groups is 1. The van der Waals surface area contributed by atoms with Crippen molar-refractivity contribution in [3.05, 3.63) is 71.0 Å². The maximum absolute atomic E-state index is 13.5. The molecule has 2 aromatic rings. The summed E-state index contributed by atoms with van der Waals surface area (Å²) in [6.45, 7) is 2.59. The van der Waals surface area contributed by atoms with E-state index in [4.69, 9.17) is 4.74 Å². The number of alkyl carbamates (subject to hydrolysis) is 1. The fraction of sp³-hybridized carbons (Fsp3) is 0.417. The SMILES string of the molecule is CCOC(=O)NC1CCC(NC(=NCc2cccc(F)c2)NCc2ccc(F)c(F)c2)CC1. The van der Waals surface area contributed by atoms with Crippen LogP contribution in [0.3, 0.4) is 0 Å². The van der Waals surface area contributed by atoms with Crippen molar-refractivity contribution in [1.29, 1.82) is 0 Å². The van der Waals surface area contributed by atoms with Crippen LogP contribution in [-0.4, -0.2) is 30.7 Å². The Balaban J connectivity index is 1.60. The van der Waals surface area contributed by atoms with E-state index in [-0.39, 0.29) is 31.0 Å². The summed E-state index contributed by atoms with van der Waals surface area (Å²) in [6, 6.07) is 10.1. The molecule has 1 fully saturated rings. The lowest BCUT2D eigenvalue weighted by Gasteiger charge is -2.30. The van der Waals surface area contributed by atoms with Gasteiger partial charge in [0.2, 0.25) is 0 Å². The lowest BCUT2D eigenvalue weighted by atomic mass is 9.91. The largest absolute Gasteiger partial charge is 0.450 e. The second kappa shape index (κ2) is 12.1. The van der Waals surface area contributed by atoms with Gasteiger partial charge in [-0.3, -0.25) is 0 Å². The molecule has 1 aliphatic rings. The molecular weight excluding hydrogens is 433 g/mol. The average molecular weight is 463 g/mol. The summed E-state index contributed by atoms with van der Waals surface area (Å²) in [5.41, 5.74) is 1.28. The molecule has 0 saturated heterocycles. The Hall–Kier alpha value is -3.23. The molecule has 0 aromatic heterocycles. The van der Waals surface area contributed by atoms with Gasteiger partial charge in [0.1, 0.15) is 5.82 Å². The van der Waals surface area contributed by atoms with E-state index >= 15 is 0 Å². The van der Waals surface area contributed by atoms with Crippen molar-refractivity contribution in [2.75, 3.05) is 6.61 Å². The molecule has 1 amide bonds. The van der Waals surface area contributed by atoms with Crippen molar-refractivity contribution < 1.29 is 22.7 Å². The number of ether oxygens (including phenoxy) is 1. The number of nitrogens with one attached hydrogen (secondary N) is 3. The van der Waals surface area contributed by atoms with Crippen LogP contribution in [0.25, 0.3) is 0 Å². The van der Waals surface area contributed by atoms with Gasteiger partial charge in [0, 0.05) is 18.6 Å². The summed E-state index contributed by atoms with van der Waals surface area (Å²) < 4.78 is 45.2. The van der Waals surface area contributed by atoms with Gasteiger partial charge in [-0.2, -0.15) is 0 Å². The van der Waals surface area contributed by atoms with Crippen molar-refractivity contribution in [3.8, 4) is 0 Å². The van der Waals surface area contributed by atoms with E-state index in [1.165, 1.54) is 18.2 Å². The zero-order valence-electron chi connectivity index (χ0n) is 18.5. The first-order valence-electron chi connectivity index (χ1n) is 11.1. The zero-order valence-corrected chi connectivity index (χ0v) is 18.5. The van der Waals surface area contributed by atoms with Gasteiger partial charge in [0.25, 0.3) is 0 Å². The molecule has 9 heteroatoms. The van der Waals surface area contributed by atoms with Gasteiger partial charge in [-0.25, -0.2) is 23.0 Å². The first-order chi connectivity index (χ1) is 15.9. The van der Waals surface area contributed by atoms with E-state index in [0.717, 1.165) is 37.8 Å². The van der Waals surface area contributed by atoms with E-state index in [0.29, 0.717) is 23.7 Å². The second-order valence-corrected chi connectivity index (χ2v) is 7.95. The monoisotopic (exact) mass is 462 g/mol. The van der Waals surface area contributed by atoms with Gasteiger partial charge in [-0.15, -0.1) is 0 Å². The standard InChI is InChI=1S/C24H29F3N4O2/c1-2-33-24(32)31-20-9-7-19(8-10-20)30-23(28-14-16-4-3-5-18(25)12-16)29-15-17-6-11-21(26)22(27)13-17/h3-6,11-13,19-20H,2,7-10,14-15H2,1H3,(H,31,32)(H2,28,29,30). The Morgan fingerprint density at radius 3 is 2.36 bits per heavy atom. The molecule has 33 heavy (non-hydrogen) atoms. The highest BCUT2D eigenvalue weighted by Gasteiger charge is 2.23. The molecule has 3 N–H and O–H groups in total. The fourth-order valence-corrected chi connectivity index (χ4v) is 3.71. The maximum Gasteiger partial charge on any atom is 0.407 e. The average Bonchev–Trinajstić information content (AvgIpc) is 2.79. The van der Waals surface area contributed by atoms with Crippen LogP contribution in [0.4, 0.5) is 18.0 Å². The highest BCUT2D eigenvalue weighted by Crippen LogP contribution is 2.19. The Labute approximate surface area is 191 Å². The normalized spacial score (nSPS) is 18.5. The Morgan fingerprint density at radius 2 is 1.70 bits per heavy atom. The van der Waals surface area contributed by atoms with E-state index in [2.05, 4.69) is 20.9 Å². The highest BCUT2D eigenvalue weighted by molar-refractivity contribution is 5.80. The predicted molar refractivity (Wildman–Crippen MR) is 120 cm³/mol. The number of carbonyl (C=O) groups is 1. The molecule has 1 saturated carbocycles. The first-order valence-corrected chi connectivity index (χ1v) is 11.1. The third kappa shape index (κ3) is 8.00. The molecule has 6 nitrogen and oxygen atoms in total. The van der Waals surface area contributed by atoms with Crippen molar-refractivity contribution in [2.45, 2.75) is 57.8 Å². The van der Waals surface area contributed by atoms with E-state index < -0.39 is 17.7 Å². The summed E-state index contributed by atoms with van der Waals surface area (Å²) in [7, 11) is 0. The number of hydrogen-bond donors (Lipinski definition) is 3. The van der Waals surface area contributed by atoms with E-state index in [1.807, 2.05) is 0 Å². The van der Waals surface area contributed by atoms with Gasteiger partial charge in [0.05, 0.1) is 13.2 Å². The van der Waals surface area contributed by atoms with Crippen LogP contribution in [0.2, 0.25) is 0 Å². The third-order valence-corrected chi connectivity index (χ3v) is 5.42. The molecule has 0 heterocycles. The van der Waals surface area contributed by atoms with Gasteiger partial charge in [-0.05, 0) is 68.0 Å².